The van der Waals surface area contributed by atoms with Crippen LogP contribution in [0.15, 0.2) is 72.8 Å². The van der Waals surface area contributed by atoms with Crippen molar-refractivity contribution in [3.8, 4) is 0 Å². The zero-order chi connectivity index (χ0) is 21.4. The normalized spacial score (nSPS) is 18.2. The highest BCUT2D eigenvalue weighted by molar-refractivity contribution is 6.97. The molecular weight excluding hydrogens is 436 g/mol. The van der Waals surface area contributed by atoms with Gasteiger partial charge in [-0.25, -0.2) is 13.2 Å². The number of hydrogen-bond donors (Lipinski definition) is 0. The third-order valence-electron chi connectivity index (χ3n) is 5.25. The molecule has 3 radical (unpaired) electrons. The molecule has 0 amide bonds. The van der Waals surface area contributed by atoms with E-state index >= 15 is 0 Å². The van der Waals surface area contributed by atoms with E-state index in [4.69, 9.17) is 0 Å². The summed E-state index contributed by atoms with van der Waals surface area (Å²) in [5, 5.41) is 1.83. The van der Waals surface area contributed by atoms with Gasteiger partial charge >= 0.3 is 0 Å². The van der Waals surface area contributed by atoms with Crippen molar-refractivity contribution in [3.63, 3.8) is 0 Å². The van der Waals surface area contributed by atoms with Gasteiger partial charge in [-0.2, -0.15) is 0 Å². The predicted octanol–water partition coefficient (Wildman–Crippen LogP) is 1.40. The topological polar surface area (TPSA) is 9.72 Å². The molecule has 0 N–H and O–H groups in total. The maximum absolute atomic E-state index is 14.9. The van der Waals surface area contributed by atoms with Crippen LogP contribution in [0.5, 0.6) is 0 Å². The molecule has 0 atom stereocenters. The second-order valence-electron chi connectivity index (χ2n) is 7.09. The van der Waals surface area contributed by atoms with Crippen LogP contribution in [0.1, 0.15) is 0 Å². The van der Waals surface area contributed by atoms with Crippen LogP contribution in [0.4, 0.5) is 13.2 Å². The Morgan fingerprint density at radius 2 is 0.700 bits per heavy atom. The minimum absolute atomic E-state index is 0.278. The van der Waals surface area contributed by atoms with E-state index in [1.807, 2.05) is 39.3 Å². The van der Waals surface area contributed by atoms with Crippen LogP contribution in [0.3, 0.4) is 0 Å². The summed E-state index contributed by atoms with van der Waals surface area (Å²) in [6, 6.07) is 20.2. The van der Waals surface area contributed by atoms with Crippen molar-refractivity contribution in [1.82, 2.24) is 12.7 Å². The molecule has 1 aliphatic heterocycles. The standard InChI is InChI=1S/C21H21F3N3Si3/c1-25-28(19-13-7-4-10-16(19)22)26(2)30(21-15-9-6-12-18(21)24)27(3)29(25)20-14-8-5-11-17(20)23/h4-15H,1-3H3. The summed E-state index contributed by atoms with van der Waals surface area (Å²) in [6.07, 6.45) is 0. The Balaban J connectivity index is 1.90. The van der Waals surface area contributed by atoms with Crippen molar-refractivity contribution in [1.29, 1.82) is 0 Å². The van der Waals surface area contributed by atoms with Gasteiger partial charge in [-0.05, 0) is 39.3 Å². The van der Waals surface area contributed by atoms with Crippen molar-refractivity contribution >= 4 is 42.9 Å². The number of nitrogens with zero attached hydrogens (tertiary/aromatic N) is 3. The lowest BCUT2D eigenvalue weighted by molar-refractivity contribution is 0.547. The van der Waals surface area contributed by atoms with Crippen molar-refractivity contribution in [3.05, 3.63) is 90.2 Å². The van der Waals surface area contributed by atoms with Gasteiger partial charge in [0.25, 0.3) is 27.4 Å². The number of halogens is 3. The maximum atomic E-state index is 14.9. The fourth-order valence-electron chi connectivity index (χ4n) is 3.99. The van der Waals surface area contributed by atoms with Crippen LogP contribution < -0.4 is 15.6 Å². The molecule has 9 heteroatoms. The quantitative estimate of drug-likeness (QED) is 0.552. The molecule has 0 saturated carbocycles. The second kappa shape index (κ2) is 8.61. The van der Waals surface area contributed by atoms with Crippen LogP contribution in [0, 0.1) is 17.5 Å². The molecule has 0 bridgehead atoms. The molecule has 0 aromatic heterocycles. The summed E-state index contributed by atoms with van der Waals surface area (Å²) in [4.78, 5) is 0. The summed E-state index contributed by atoms with van der Waals surface area (Å²) in [7, 11) is 0.537. The van der Waals surface area contributed by atoms with Crippen molar-refractivity contribution in [2.24, 2.45) is 0 Å². The van der Waals surface area contributed by atoms with E-state index in [1.165, 1.54) is 18.2 Å². The van der Waals surface area contributed by atoms with E-state index in [0.717, 1.165) is 0 Å². The summed E-state index contributed by atoms with van der Waals surface area (Å²) in [6.45, 7) is 0. The van der Waals surface area contributed by atoms with Crippen LogP contribution in [-0.2, 0) is 0 Å². The van der Waals surface area contributed by atoms with Crippen LogP contribution in [-0.4, -0.2) is 61.2 Å². The summed E-state index contributed by atoms with van der Waals surface area (Å²) in [5.41, 5.74) is 0. The minimum Gasteiger partial charge on any atom is -0.317 e. The Kier molecular flexibility index (Phi) is 6.09. The van der Waals surface area contributed by atoms with Gasteiger partial charge in [0.1, 0.15) is 17.5 Å². The van der Waals surface area contributed by atoms with Gasteiger partial charge in [-0.1, -0.05) is 54.6 Å². The molecule has 1 saturated heterocycles. The highest BCUT2D eigenvalue weighted by Gasteiger charge is 2.50. The van der Waals surface area contributed by atoms with E-state index in [-0.39, 0.29) is 17.5 Å². The van der Waals surface area contributed by atoms with Crippen molar-refractivity contribution in [2.45, 2.75) is 0 Å². The lowest BCUT2D eigenvalue weighted by Crippen LogP contribution is -2.83. The Hall–Kier alpha value is -2.02. The Morgan fingerprint density at radius 1 is 0.467 bits per heavy atom. The zero-order valence-corrected chi connectivity index (χ0v) is 19.9. The van der Waals surface area contributed by atoms with Gasteiger partial charge < -0.3 is 12.7 Å². The van der Waals surface area contributed by atoms with Gasteiger partial charge in [0.05, 0.1) is 0 Å². The van der Waals surface area contributed by atoms with Crippen LogP contribution >= 0.6 is 0 Å². The second-order valence-corrected chi connectivity index (χ2v) is 16.0. The molecular formula is C21H21F3N3Si3. The van der Waals surface area contributed by atoms with Crippen molar-refractivity contribution in [2.75, 3.05) is 21.1 Å². The molecule has 1 fully saturated rings. The fraction of sp³-hybridized carbons (Fsp3) is 0.143. The van der Waals surface area contributed by atoms with E-state index in [1.54, 1.807) is 36.4 Å². The monoisotopic (exact) mass is 456 g/mol. The van der Waals surface area contributed by atoms with Gasteiger partial charge in [-0.15, -0.1) is 0 Å². The average Bonchev–Trinajstić information content (AvgIpc) is 2.72. The van der Waals surface area contributed by atoms with E-state index < -0.39 is 27.4 Å². The first-order valence-corrected chi connectivity index (χ1v) is 13.7. The molecule has 30 heavy (non-hydrogen) atoms. The summed E-state index contributed by atoms with van der Waals surface area (Å²) < 4.78 is 51.0. The Bertz CT molecular complexity index is 911. The van der Waals surface area contributed by atoms with Gasteiger partial charge in [0.2, 0.25) is 0 Å². The molecule has 3 aromatic carbocycles. The van der Waals surface area contributed by atoms with Gasteiger partial charge in [0.15, 0.2) is 0 Å². The highest BCUT2D eigenvalue weighted by Crippen LogP contribution is 2.18. The lowest BCUT2D eigenvalue weighted by atomic mass is 10.3. The molecule has 3 aromatic rings. The average molecular weight is 457 g/mol. The Labute approximate surface area is 180 Å². The molecule has 1 heterocycles. The Morgan fingerprint density at radius 3 is 0.933 bits per heavy atom. The largest absolute Gasteiger partial charge is 0.317 e. The fourth-order valence-corrected chi connectivity index (χ4v) is 17.3. The SMILES string of the molecule is CN1[Si](c2ccccc2F)N(C)[Si](c2ccccc2F)N(C)[Si]1c1ccccc1F. The maximum Gasteiger partial charge on any atom is 0.257 e. The zero-order valence-electron chi connectivity index (χ0n) is 16.9. The van der Waals surface area contributed by atoms with E-state index in [0.29, 0.717) is 15.6 Å². The third-order valence-corrected chi connectivity index (χ3v) is 15.5. The molecule has 1 aliphatic rings. The van der Waals surface area contributed by atoms with E-state index in [9.17, 15) is 13.2 Å². The smallest absolute Gasteiger partial charge is 0.257 e. The third kappa shape index (κ3) is 3.61. The summed E-state index contributed by atoms with van der Waals surface area (Å²) >= 11 is 0. The predicted molar refractivity (Wildman–Crippen MR) is 119 cm³/mol. The lowest BCUT2D eigenvalue weighted by Gasteiger charge is -2.51. The van der Waals surface area contributed by atoms with Gasteiger partial charge in [0, 0.05) is 15.6 Å². The van der Waals surface area contributed by atoms with Crippen LogP contribution in [0.25, 0.3) is 0 Å². The molecule has 153 valence electrons. The minimum atomic E-state index is -1.76. The molecule has 0 spiro atoms. The highest BCUT2D eigenvalue weighted by atomic mass is 28.4. The molecule has 0 unspecified atom stereocenters. The number of hydrogen-bond acceptors (Lipinski definition) is 3. The molecule has 3 nitrogen and oxygen atoms in total. The van der Waals surface area contributed by atoms with Gasteiger partial charge in [-0.3, -0.25) is 0 Å². The number of rotatable bonds is 3. The summed E-state index contributed by atoms with van der Waals surface area (Å²) in [5.74, 6) is -0.835. The molecule has 0 aliphatic carbocycles. The van der Waals surface area contributed by atoms with Crippen molar-refractivity contribution < 1.29 is 13.2 Å². The van der Waals surface area contributed by atoms with E-state index in [2.05, 4.69) is 12.7 Å². The first kappa shape index (κ1) is 21.2. The molecule has 4 rings (SSSR count). The first-order valence-electron chi connectivity index (χ1n) is 9.48. The number of benzene rings is 3. The van der Waals surface area contributed by atoms with Crippen LogP contribution in [0.2, 0.25) is 0 Å². The first-order chi connectivity index (χ1) is 14.4.